The summed E-state index contributed by atoms with van der Waals surface area (Å²) in [6, 6.07) is 5.68. The normalized spacial score (nSPS) is 11.7. The molecular formula is C14H21NO4S. The summed E-state index contributed by atoms with van der Waals surface area (Å²) in [6.07, 6.45) is 0. The van der Waals surface area contributed by atoms with E-state index in [4.69, 9.17) is 5.11 Å². The molecule has 0 atom stereocenters. The van der Waals surface area contributed by atoms with Crippen LogP contribution in [0.4, 0.5) is 5.69 Å². The van der Waals surface area contributed by atoms with Crippen LogP contribution in [0.3, 0.4) is 0 Å². The van der Waals surface area contributed by atoms with Crippen LogP contribution >= 0.6 is 0 Å². The number of anilines is 1. The quantitative estimate of drug-likeness (QED) is 0.833. The standard InChI is InChI=1S/C14H21NO4S/c1-10(2)12-6-4-5-11(3)14(12)15-13(17)9-20(18,19)8-7-16/h4-6,10,16H,7-9H2,1-3H3,(H,15,17). The summed E-state index contributed by atoms with van der Waals surface area (Å²) in [7, 11) is -3.56. The number of aliphatic hydroxyl groups is 1. The van der Waals surface area contributed by atoms with Gasteiger partial charge in [-0.1, -0.05) is 32.0 Å². The summed E-state index contributed by atoms with van der Waals surface area (Å²) >= 11 is 0. The van der Waals surface area contributed by atoms with E-state index in [1.54, 1.807) is 0 Å². The second kappa shape index (κ2) is 6.85. The molecule has 0 saturated heterocycles. The van der Waals surface area contributed by atoms with Crippen LogP contribution < -0.4 is 5.32 Å². The largest absolute Gasteiger partial charge is 0.395 e. The predicted octanol–water partition coefficient (Wildman–Crippen LogP) is 1.46. The Hall–Kier alpha value is -1.40. The van der Waals surface area contributed by atoms with Crippen LogP contribution in [-0.2, 0) is 14.6 Å². The van der Waals surface area contributed by atoms with E-state index < -0.39 is 33.9 Å². The number of rotatable bonds is 6. The lowest BCUT2D eigenvalue weighted by molar-refractivity contribution is -0.113. The lowest BCUT2D eigenvalue weighted by atomic mass is 9.98. The second-order valence-corrected chi connectivity index (χ2v) is 7.24. The van der Waals surface area contributed by atoms with Gasteiger partial charge in [0, 0.05) is 5.69 Å². The Balaban J connectivity index is 2.92. The number of nitrogens with one attached hydrogen (secondary N) is 1. The highest BCUT2D eigenvalue weighted by molar-refractivity contribution is 7.92. The zero-order chi connectivity index (χ0) is 15.3. The fraction of sp³-hybridized carbons (Fsp3) is 0.500. The lowest BCUT2D eigenvalue weighted by Crippen LogP contribution is -2.26. The minimum absolute atomic E-state index is 0.222. The first-order chi connectivity index (χ1) is 9.26. The molecule has 6 heteroatoms. The molecule has 0 radical (unpaired) electrons. The highest BCUT2D eigenvalue weighted by atomic mass is 32.2. The number of carbonyl (C=O) groups is 1. The van der Waals surface area contributed by atoms with Crippen LogP contribution in [0.1, 0.15) is 30.9 Å². The Morgan fingerprint density at radius 2 is 2.00 bits per heavy atom. The predicted molar refractivity (Wildman–Crippen MR) is 79.6 cm³/mol. The number of benzene rings is 1. The van der Waals surface area contributed by atoms with Gasteiger partial charge in [0.25, 0.3) is 0 Å². The van der Waals surface area contributed by atoms with Crippen molar-refractivity contribution < 1.29 is 18.3 Å². The van der Waals surface area contributed by atoms with Gasteiger partial charge < -0.3 is 10.4 Å². The van der Waals surface area contributed by atoms with E-state index in [1.807, 2.05) is 39.0 Å². The minimum Gasteiger partial charge on any atom is -0.395 e. The van der Waals surface area contributed by atoms with Gasteiger partial charge in [0.05, 0.1) is 12.4 Å². The smallest absolute Gasteiger partial charge is 0.239 e. The molecule has 0 unspecified atom stereocenters. The van der Waals surface area contributed by atoms with Crippen molar-refractivity contribution in [2.75, 3.05) is 23.4 Å². The highest BCUT2D eigenvalue weighted by Crippen LogP contribution is 2.27. The average Bonchev–Trinajstić information content (AvgIpc) is 2.30. The summed E-state index contributed by atoms with van der Waals surface area (Å²) in [5, 5.41) is 11.3. The van der Waals surface area contributed by atoms with Gasteiger partial charge in [0.2, 0.25) is 5.91 Å². The Morgan fingerprint density at radius 1 is 1.35 bits per heavy atom. The third kappa shape index (κ3) is 4.61. The van der Waals surface area contributed by atoms with Crippen LogP contribution in [0.5, 0.6) is 0 Å². The summed E-state index contributed by atoms with van der Waals surface area (Å²) in [5.74, 6) is -1.36. The van der Waals surface area contributed by atoms with Crippen molar-refractivity contribution in [3.63, 3.8) is 0 Å². The summed E-state index contributed by atoms with van der Waals surface area (Å²) < 4.78 is 23.0. The summed E-state index contributed by atoms with van der Waals surface area (Å²) in [5.41, 5.74) is 2.54. The third-order valence-corrected chi connectivity index (χ3v) is 4.45. The fourth-order valence-electron chi connectivity index (χ4n) is 1.93. The summed E-state index contributed by atoms with van der Waals surface area (Å²) in [6.45, 7) is 5.40. The Morgan fingerprint density at radius 3 is 2.55 bits per heavy atom. The molecule has 0 fully saturated rings. The SMILES string of the molecule is Cc1cccc(C(C)C)c1NC(=O)CS(=O)(=O)CCO. The van der Waals surface area contributed by atoms with Crippen molar-refractivity contribution in [1.29, 1.82) is 0 Å². The first kappa shape index (κ1) is 16.7. The maximum atomic E-state index is 11.9. The van der Waals surface area contributed by atoms with Crippen molar-refractivity contribution in [2.24, 2.45) is 0 Å². The van der Waals surface area contributed by atoms with E-state index in [9.17, 15) is 13.2 Å². The van der Waals surface area contributed by atoms with Gasteiger partial charge >= 0.3 is 0 Å². The molecule has 5 nitrogen and oxygen atoms in total. The van der Waals surface area contributed by atoms with Crippen LogP contribution in [0.25, 0.3) is 0 Å². The molecule has 1 aromatic rings. The van der Waals surface area contributed by atoms with Gasteiger partial charge in [-0.2, -0.15) is 0 Å². The number of aryl methyl sites for hydroxylation is 1. The molecule has 1 amide bonds. The fourth-order valence-corrected chi connectivity index (χ4v) is 2.82. The van der Waals surface area contributed by atoms with Crippen LogP contribution in [-0.4, -0.2) is 37.5 Å². The van der Waals surface area contributed by atoms with Gasteiger partial charge in [-0.25, -0.2) is 8.42 Å². The van der Waals surface area contributed by atoms with Crippen molar-refractivity contribution in [1.82, 2.24) is 0 Å². The van der Waals surface area contributed by atoms with Crippen LogP contribution in [0, 0.1) is 6.92 Å². The summed E-state index contributed by atoms with van der Waals surface area (Å²) in [4.78, 5) is 11.9. The van der Waals surface area contributed by atoms with Gasteiger partial charge in [0.15, 0.2) is 9.84 Å². The molecular weight excluding hydrogens is 278 g/mol. The van der Waals surface area contributed by atoms with Crippen LogP contribution in [0.15, 0.2) is 18.2 Å². The van der Waals surface area contributed by atoms with Gasteiger partial charge in [-0.3, -0.25) is 4.79 Å². The molecule has 0 aliphatic carbocycles. The zero-order valence-corrected chi connectivity index (χ0v) is 12.8. The van der Waals surface area contributed by atoms with E-state index in [0.717, 1.165) is 11.1 Å². The molecule has 0 aromatic heterocycles. The maximum Gasteiger partial charge on any atom is 0.239 e. The van der Waals surface area contributed by atoms with E-state index in [1.165, 1.54) is 0 Å². The first-order valence-electron chi connectivity index (χ1n) is 6.47. The molecule has 0 spiro atoms. The molecule has 20 heavy (non-hydrogen) atoms. The number of sulfone groups is 1. The van der Waals surface area contributed by atoms with Gasteiger partial charge in [-0.05, 0) is 24.0 Å². The molecule has 0 aliphatic rings. The van der Waals surface area contributed by atoms with Gasteiger partial charge in [0.1, 0.15) is 5.75 Å². The number of carbonyl (C=O) groups excluding carboxylic acids is 1. The number of aliphatic hydroxyl groups excluding tert-OH is 1. The maximum absolute atomic E-state index is 11.9. The van der Waals surface area contributed by atoms with Gasteiger partial charge in [-0.15, -0.1) is 0 Å². The van der Waals surface area contributed by atoms with Crippen LogP contribution in [0.2, 0.25) is 0 Å². The molecule has 112 valence electrons. The first-order valence-corrected chi connectivity index (χ1v) is 8.29. The van der Waals surface area contributed by atoms with Crippen molar-refractivity contribution in [3.05, 3.63) is 29.3 Å². The highest BCUT2D eigenvalue weighted by Gasteiger charge is 2.18. The topological polar surface area (TPSA) is 83.5 Å². The van der Waals surface area contributed by atoms with Crippen molar-refractivity contribution in [2.45, 2.75) is 26.7 Å². The monoisotopic (exact) mass is 299 g/mol. The minimum atomic E-state index is -3.56. The average molecular weight is 299 g/mol. The number of para-hydroxylation sites is 1. The molecule has 1 aromatic carbocycles. The molecule has 0 bridgehead atoms. The Labute approximate surface area is 119 Å². The van der Waals surface area contributed by atoms with E-state index in [0.29, 0.717) is 5.69 Å². The number of hydrogen-bond donors (Lipinski definition) is 2. The van der Waals surface area contributed by atoms with E-state index >= 15 is 0 Å². The number of hydrogen-bond acceptors (Lipinski definition) is 4. The molecule has 1 rings (SSSR count). The Bertz CT molecular complexity index is 579. The lowest BCUT2D eigenvalue weighted by Gasteiger charge is -2.16. The van der Waals surface area contributed by atoms with E-state index in [2.05, 4.69) is 5.32 Å². The third-order valence-electron chi connectivity index (χ3n) is 2.94. The molecule has 0 aliphatic heterocycles. The molecule has 0 saturated carbocycles. The number of amides is 1. The zero-order valence-electron chi connectivity index (χ0n) is 12.0. The van der Waals surface area contributed by atoms with Crippen molar-refractivity contribution in [3.8, 4) is 0 Å². The molecule has 0 heterocycles. The van der Waals surface area contributed by atoms with E-state index in [-0.39, 0.29) is 5.92 Å². The van der Waals surface area contributed by atoms with Crippen molar-refractivity contribution >= 4 is 21.4 Å². The Kier molecular flexibility index (Phi) is 5.71. The second-order valence-electron chi connectivity index (χ2n) is 5.06. The molecule has 2 N–H and O–H groups in total.